The molecule has 0 spiro atoms. The maximum atomic E-state index is 12.6. The van der Waals surface area contributed by atoms with Crippen molar-refractivity contribution in [3.63, 3.8) is 0 Å². The molecule has 0 aliphatic carbocycles. The number of nitrogens with one attached hydrogen (secondary N) is 1. The standard InChI is InChI=1S/C20H21NO3/c1-23-19-9-8-15(11-20(19)24-2)17-13-21-16(12-18(17)22)10-14-6-4-3-5-7-14/h3-9,11,13,16,21H,10,12H2,1-2H3. The van der Waals surface area contributed by atoms with Gasteiger partial charge in [-0.15, -0.1) is 0 Å². The smallest absolute Gasteiger partial charge is 0.166 e. The van der Waals surface area contributed by atoms with E-state index in [0.29, 0.717) is 23.5 Å². The second-order valence-electron chi connectivity index (χ2n) is 5.81. The van der Waals surface area contributed by atoms with E-state index < -0.39 is 0 Å². The SMILES string of the molecule is COc1ccc(C2=CNC(Cc3ccccc3)CC2=O)cc1OC. The van der Waals surface area contributed by atoms with E-state index in [1.54, 1.807) is 14.2 Å². The van der Waals surface area contributed by atoms with Crippen molar-refractivity contribution in [1.29, 1.82) is 0 Å². The lowest BCUT2D eigenvalue weighted by atomic mass is 9.92. The highest BCUT2D eigenvalue weighted by Gasteiger charge is 2.23. The number of hydrogen-bond donors (Lipinski definition) is 1. The molecule has 4 heteroatoms. The van der Waals surface area contributed by atoms with Crippen LogP contribution in [0.1, 0.15) is 17.5 Å². The average molecular weight is 323 g/mol. The number of Topliss-reactive ketones (excluding diaryl/α,β-unsaturated/α-hetero) is 1. The van der Waals surface area contributed by atoms with Crippen LogP contribution in [0.2, 0.25) is 0 Å². The minimum atomic E-state index is 0.129. The Labute approximate surface area is 142 Å². The third-order valence-electron chi connectivity index (χ3n) is 4.22. The Morgan fingerprint density at radius 2 is 1.79 bits per heavy atom. The molecule has 1 atom stereocenters. The third-order valence-corrected chi connectivity index (χ3v) is 4.22. The highest BCUT2D eigenvalue weighted by Crippen LogP contribution is 2.31. The Hall–Kier alpha value is -2.75. The predicted molar refractivity (Wildman–Crippen MR) is 94.2 cm³/mol. The number of carbonyl (C=O) groups excluding carboxylic acids is 1. The average Bonchev–Trinajstić information content (AvgIpc) is 2.62. The van der Waals surface area contributed by atoms with E-state index in [2.05, 4.69) is 17.4 Å². The van der Waals surface area contributed by atoms with Gasteiger partial charge in [-0.25, -0.2) is 0 Å². The molecule has 2 aromatic carbocycles. The number of hydrogen-bond acceptors (Lipinski definition) is 4. The van der Waals surface area contributed by atoms with Gasteiger partial charge in [-0.3, -0.25) is 4.79 Å². The Morgan fingerprint density at radius 3 is 2.46 bits per heavy atom. The Balaban J connectivity index is 1.77. The van der Waals surface area contributed by atoms with Crippen LogP contribution in [0.25, 0.3) is 5.57 Å². The fourth-order valence-electron chi connectivity index (χ4n) is 2.95. The number of benzene rings is 2. The molecular formula is C20H21NO3. The van der Waals surface area contributed by atoms with Crippen molar-refractivity contribution in [2.75, 3.05) is 14.2 Å². The fraction of sp³-hybridized carbons (Fsp3) is 0.250. The Bertz CT molecular complexity index is 753. The fourth-order valence-corrected chi connectivity index (χ4v) is 2.95. The van der Waals surface area contributed by atoms with Gasteiger partial charge in [-0.2, -0.15) is 0 Å². The summed E-state index contributed by atoms with van der Waals surface area (Å²) in [6, 6.07) is 15.9. The molecular weight excluding hydrogens is 302 g/mol. The van der Waals surface area contributed by atoms with E-state index in [9.17, 15) is 4.79 Å². The normalized spacial score (nSPS) is 17.0. The molecule has 1 unspecified atom stereocenters. The van der Waals surface area contributed by atoms with Gasteiger partial charge < -0.3 is 14.8 Å². The van der Waals surface area contributed by atoms with Gasteiger partial charge in [0.2, 0.25) is 0 Å². The van der Waals surface area contributed by atoms with Crippen LogP contribution in [0, 0.1) is 0 Å². The second-order valence-corrected chi connectivity index (χ2v) is 5.81. The largest absolute Gasteiger partial charge is 0.493 e. The van der Waals surface area contributed by atoms with Gasteiger partial charge in [-0.05, 0) is 29.7 Å². The van der Waals surface area contributed by atoms with Crippen LogP contribution < -0.4 is 14.8 Å². The summed E-state index contributed by atoms with van der Waals surface area (Å²) in [7, 11) is 3.19. The predicted octanol–water partition coefficient (Wildman–Crippen LogP) is 3.22. The van der Waals surface area contributed by atoms with Crippen molar-refractivity contribution in [2.45, 2.75) is 18.9 Å². The van der Waals surface area contributed by atoms with Crippen LogP contribution in [0.5, 0.6) is 11.5 Å². The molecule has 0 saturated heterocycles. The Kier molecular flexibility index (Phi) is 4.85. The van der Waals surface area contributed by atoms with Crippen LogP contribution in [0.3, 0.4) is 0 Å². The van der Waals surface area contributed by atoms with Gasteiger partial charge in [0.15, 0.2) is 17.3 Å². The first kappa shape index (κ1) is 16.1. The summed E-state index contributed by atoms with van der Waals surface area (Å²) < 4.78 is 10.6. The molecule has 3 rings (SSSR count). The van der Waals surface area contributed by atoms with E-state index in [-0.39, 0.29) is 11.8 Å². The summed E-state index contributed by atoms with van der Waals surface area (Å²) in [6.45, 7) is 0. The molecule has 0 fully saturated rings. The van der Waals surface area contributed by atoms with Crippen molar-refractivity contribution in [3.05, 3.63) is 65.9 Å². The minimum Gasteiger partial charge on any atom is -0.493 e. The molecule has 0 bridgehead atoms. The highest BCUT2D eigenvalue weighted by molar-refractivity contribution is 6.21. The number of ether oxygens (including phenoxy) is 2. The van der Waals surface area contributed by atoms with Gasteiger partial charge >= 0.3 is 0 Å². The zero-order valence-corrected chi connectivity index (χ0v) is 13.9. The third kappa shape index (κ3) is 3.43. The molecule has 0 aromatic heterocycles. The van der Waals surface area contributed by atoms with E-state index in [1.165, 1.54) is 5.56 Å². The van der Waals surface area contributed by atoms with Crippen LogP contribution in [-0.2, 0) is 11.2 Å². The van der Waals surface area contributed by atoms with Crippen LogP contribution in [0.15, 0.2) is 54.7 Å². The van der Waals surface area contributed by atoms with Gasteiger partial charge in [0.25, 0.3) is 0 Å². The summed E-state index contributed by atoms with van der Waals surface area (Å²) in [4.78, 5) is 12.6. The molecule has 1 N–H and O–H groups in total. The maximum Gasteiger partial charge on any atom is 0.166 e. The van der Waals surface area contributed by atoms with Crippen molar-refractivity contribution < 1.29 is 14.3 Å². The van der Waals surface area contributed by atoms with E-state index in [0.717, 1.165) is 12.0 Å². The lowest BCUT2D eigenvalue weighted by Gasteiger charge is -2.23. The number of allylic oxidation sites excluding steroid dienone is 1. The molecule has 4 nitrogen and oxygen atoms in total. The zero-order valence-electron chi connectivity index (χ0n) is 13.9. The van der Waals surface area contributed by atoms with Crippen LogP contribution >= 0.6 is 0 Å². The summed E-state index contributed by atoms with van der Waals surface area (Å²) in [5.74, 6) is 1.41. The topological polar surface area (TPSA) is 47.6 Å². The van der Waals surface area contributed by atoms with Gasteiger partial charge in [0.05, 0.1) is 14.2 Å². The molecule has 0 saturated carbocycles. The Morgan fingerprint density at radius 1 is 1.04 bits per heavy atom. The first-order valence-electron chi connectivity index (χ1n) is 7.97. The van der Waals surface area contributed by atoms with E-state index >= 15 is 0 Å². The summed E-state index contributed by atoms with van der Waals surface area (Å²) in [5.41, 5.74) is 2.74. The molecule has 1 aliphatic rings. The molecule has 2 aromatic rings. The minimum absolute atomic E-state index is 0.129. The number of carbonyl (C=O) groups is 1. The molecule has 1 heterocycles. The second kappa shape index (κ2) is 7.21. The summed E-state index contributed by atoms with van der Waals surface area (Å²) in [6.07, 6.45) is 3.14. The monoisotopic (exact) mass is 323 g/mol. The highest BCUT2D eigenvalue weighted by atomic mass is 16.5. The molecule has 124 valence electrons. The van der Waals surface area contributed by atoms with E-state index in [4.69, 9.17) is 9.47 Å². The van der Waals surface area contributed by atoms with E-state index in [1.807, 2.05) is 42.6 Å². The zero-order chi connectivity index (χ0) is 16.9. The van der Waals surface area contributed by atoms with Gasteiger partial charge in [-0.1, -0.05) is 36.4 Å². The lowest BCUT2D eigenvalue weighted by Crippen LogP contribution is -2.34. The lowest BCUT2D eigenvalue weighted by molar-refractivity contribution is -0.114. The molecule has 24 heavy (non-hydrogen) atoms. The molecule has 0 radical (unpaired) electrons. The summed E-state index contributed by atoms with van der Waals surface area (Å²) >= 11 is 0. The van der Waals surface area contributed by atoms with Crippen LogP contribution in [-0.4, -0.2) is 26.0 Å². The first-order chi connectivity index (χ1) is 11.7. The van der Waals surface area contributed by atoms with Crippen molar-refractivity contribution in [1.82, 2.24) is 5.32 Å². The van der Waals surface area contributed by atoms with Gasteiger partial charge in [0, 0.05) is 24.2 Å². The van der Waals surface area contributed by atoms with Crippen molar-refractivity contribution in [3.8, 4) is 11.5 Å². The van der Waals surface area contributed by atoms with Crippen molar-refractivity contribution in [2.24, 2.45) is 0 Å². The quantitative estimate of drug-likeness (QED) is 0.918. The number of ketones is 1. The molecule has 1 aliphatic heterocycles. The first-order valence-corrected chi connectivity index (χ1v) is 7.97. The number of methoxy groups -OCH3 is 2. The molecule has 0 amide bonds. The van der Waals surface area contributed by atoms with Crippen LogP contribution in [0.4, 0.5) is 0 Å². The maximum absolute atomic E-state index is 12.6. The summed E-state index contributed by atoms with van der Waals surface area (Å²) in [5, 5.41) is 3.36. The van der Waals surface area contributed by atoms with Gasteiger partial charge in [0.1, 0.15) is 0 Å². The number of rotatable bonds is 5. The van der Waals surface area contributed by atoms with Crippen molar-refractivity contribution >= 4 is 11.4 Å².